The lowest BCUT2D eigenvalue weighted by Gasteiger charge is -2.15. The molecule has 0 aliphatic heterocycles. The van der Waals surface area contributed by atoms with Gasteiger partial charge in [0.2, 0.25) is 5.95 Å². The second-order valence-electron chi connectivity index (χ2n) is 17.3. The van der Waals surface area contributed by atoms with E-state index in [1.54, 1.807) is 0 Å². The standard InChI is InChI=1S/C58H34N4O2.C3H8/c1-2-16-38-39-17-6-7-20-44(39)55-53(42(38)19-3-1)47-24-12-23-45(43-22-13-27-50-52(43)46-21-9-11-26-49(46)63-50)54(47)62(55)58-60-56(36-29-28-34-14-4-5-15-35(34)32-36)59-57(61-58)37-30-31-41-40-18-8-10-25-48(40)64-51(41)33-37;1-3-2/h2-33H,1H2;3H2,1-2H3. The highest BCUT2D eigenvalue weighted by Crippen LogP contribution is 2.47. The van der Waals surface area contributed by atoms with E-state index in [1.165, 1.54) is 22.9 Å². The first-order chi connectivity index (χ1) is 33.1. The third kappa shape index (κ3) is 6.14. The minimum absolute atomic E-state index is 0.521. The van der Waals surface area contributed by atoms with Crippen LogP contribution < -0.4 is 0 Å². The first-order valence-corrected chi connectivity index (χ1v) is 23.1. The number of rotatable bonds is 4. The van der Waals surface area contributed by atoms with Crippen molar-refractivity contribution >= 4 is 99.4 Å². The molecule has 4 heterocycles. The Balaban J connectivity index is 0.00000145. The zero-order chi connectivity index (χ0) is 44.6. The van der Waals surface area contributed by atoms with Gasteiger partial charge in [0.25, 0.3) is 0 Å². The average molecular weight is 863 g/mol. The van der Waals surface area contributed by atoms with E-state index in [1.807, 2.05) is 30.3 Å². The van der Waals surface area contributed by atoms with Gasteiger partial charge >= 0.3 is 0 Å². The van der Waals surface area contributed by atoms with E-state index in [4.69, 9.17) is 23.8 Å². The van der Waals surface area contributed by atoms with Crippen LogP contribution in [0, 0.1) is 0 Å². The summed E-state index contributed by atoms with van der Waals surface area (Å²) in [7, 11) is 0. The first-order valence-electron chi connectivity index (χ1n) is 23.1. The van der Waals surface area contributed by atoms with Gasteiger partial charge < -0.3 is 8.83 Å². The molecule has 6 nitrogen and oxygen atoms in total. The Bertz CT molecular complexity index is 4200. The van der Waals surface area contributed by atoms with Crippen molar-refractivity contribution in [3.8, 4) is 39.9 Å². The van der Waals surface area contributed by atoms with Crippen LogP contribution in [0.3, 0.4) is 0 Å². The lowest BCUT2D eigenvalue weighted by atomic mass is 9.92. The number of nitrogens with zero attached hydrogens (tertiary/aromatic N) is 4. The van der Waals surface area contributed by atoms with Gasteiger partial charge in [-0.2, -0.15) is 9.97 Å². The molecule has 0 spiro atoms. The summed E-state index contributed by atoms with van der Waals surface area (Å²) in [5, 5.41) is 11.1. The summed E-state index contributed by atoms with van der Waals surface area (Å²) in [6.07, 6.45) is 11.2. The Kier molecular flexibility index (Phi) is 9.00. The topological polar surface area (TPSA) is 69.9 Å². The van der Waals surface area contributed by atoms with E-state index in [9.17, 15) is 0 Å². The Hall–Kier alpha value is -8.61. The lowest BCUT2D eigenvalue weighted by molar-refractivity contribution is 0.668. The number of hydrogen-bond acceptors (Lipinski definition) is 5. The molecule has 67 heavy (non-hydrogen) atoms. The maximum absolute atomic E-state index is 6.49. The molecule has 0 N–H and O–H groups in total. The van der Waals surface area contributed by atoms with Crippen molar-refractivity contribution in [2.75, 3.05) is 0 Å². The van der Waals surface area contributed by atoms with Crippen LogP contribution in [0.25, 0.3) is 139 Å². The molecule has 0 radical (unpaired) electrons. The Labute approximate surface area is 385 Å². The van der Waals surface area contributed by atoms with Gasteiger partial charge in [-0.3, -0.25) is 4.57 Å². The summed E-state index contributed by atoms with van der Waals surface area (Å²) >= 11 is 0. The van der Waals surface area contributed by atoms with Gasteiger partial charge in [0.15, 0.2) is 11.6 Å². The highest BCUT2D eigenvalue weighted by Gasteiger charge is 2.27. The molecule has 14 rings (SSSR count). The third-order valence-electron chi connectivity index (χ3n) is 13.0. The molecule has 0 unspecified atom stereocenters. The quantitative estimate of drug-likeness (QED) is 0.176. The van der Waals surface area contributed by atoms with Crippen molar-refractivity contribution in [2.24, 2.45) is 0 Å². The zero-order valence-corrected chi connectivity index (χ0v) is 37.0. The number of allylic oxidation sites excluding steroid dienone is 2. The van der Waals surface area contributed by atoms with Gasteiger partial charge in [-0.25, -0.2) is 4.98 Å². The van der Waals surface area contributed by atoms with Gasteiger partial charge in [-0.05, 0) is 75.7 Å². The van der Waals surface area contributed by atoms with Crippen molar-refractivity contribution in [2.45, 2.75) is 26.7 Å². The number of hydrogen-bond donors (Lipinski definition) is 0. The molecule has 0 saturated carbocycles. The molecule has 4 aromatic heterocycles. The fraction of sp³-hybridized carbons (Fsp3) is 0.0656. The summed E-state index contributed by atoms with van der Waals surface area (Å²) in [5.74, 6) is 1.65. The molecule has 6 heteroatoms. The maximum Gasteiger partial charge on any atom is 0.238 e. The fourth-order valence-corrected chi connectivity index (χ4v) is 10.2. The number of benzene rings is 9. The van der Waals surface area contributed by atoms with E-state index in [-0.39, 0.29) is 0 Å². The Morgan fingerprint density at radius 2 is 1.01 bits per heavy atom. The first kappa shape index (κ1) is 38.8. The van der Waals surface area contributed by atoms with Gasteiger partial charge in [0, 0.05) is 54.4 Å². The van der Waals surface area contributed by atoms with E-state index < -0.39 is 0 Å². The summed E-state index contributed by atoms with van der Waals surface area (Å²) < 4.78 is 15.2. The van der Waals surface area contributed by atoms with Crippen LogP contribution in [0.4, 0.5) is 0 Å². The van der Waals surface area contributed by atoms with Crippen LogP contribution in [-0.2, 0) is 0 Å². The lowest BCUT2D eigenvalue weighted by Crippen LogP contribution is -2.07. The number of para-hydroxylation sites is 3. The maximum atomic E-state index is 6.49. The summed E-state index contributed by atoms with van der Waals surface area (Å²) in [4.78, 5) is 16.3. The highest BCUT2D eigenvalue weighted by molar-refractivity contribution is 6.27. The normalized spacial score (nSPS) is 12.5. The van der Waals surface area contributed by atoms with Crippen molar-refractivity contribution < 1.29 is 8.83 Å². The van der Waals surface area contributed by atoms with Crippen LogP contribution in [-0.4, -0.2) is 19.5 Å². The van der Waals surface area contributed by atoms with E-state index >= 15 is 0 Å². The predicted octanol–water partition coefficient (Wildman–Crippen LogP) is 16.9. The third-order valence-corrected chi connectivity index (χ3v) is 13.0. The predicted molar refractivity (Wildman–Crippen MR) is 279 cm³/mol. The molecular formula is C61H42N4O2. The smallest absolute Gasteiger partial charge is 0.238 e. The monoisotopic (exact) mass is 862 g/mol. The number of fused-ring (bicyclic) bond motifs is 15. The molecule has 318 valence electrons. The second kappa shape index (κ2) is 15.5. The van der Waals surface area contributed by atoms with Crippen LogP contribution in [0.1, 0.15) is 37.8 Å². The number of aromatic nitrogens is 4. The highest BCUT2D eigenvalue weighted by atomic mass is 16.3. The van der Waals surface area contributed by atoms with E-state index in [0.29, 0.717) is 17.6 Å². The fourth-order valence-electron chi connectivity index (χ4n) is 10.2. The van der Waals surface area contributed by atoms with Crippen molar-refractivity contribution in [1.82, 2.24) is 19.5 Å². The molecule has 0 saturated heterocycles. The summed E-state index contributed by atoms with van der Waals surface area (Å²) in [6, 6.07) is 59.3. The molecule has 9 aromatic carbocycles. The summed E-state index contributed by atoms with van der Waals surface area (Å²) in [5.41, 5.74) is 11.6. The van der Waals surface area contributed by atoms with Gasteiger partial charge in [-0.1, -0.05) is 178 Å². The van der Waals surface area contributed by atoms with Gasteiger partial charge in [0.1, 0.15) is 22.3 Å². The van der Waals surface area contributed by atoms with E-state index in [2.05, 4.69) is 182 Å². The zero-order valence-electron chi connectivity index (χ0n) is 37.0. The second-order valence-corrected chi connectivity index (χ2v) is 17.3. The van der Waals surface area contributed by atoms with Gasteiger partial charge in [0.05, 0.1) is 11.0 Å². The van der Waals surface area contributed by atoms with Crippen molar-refractivity contribution in [3.63, 3.8) is 0 Å². The molecule has 13 aromatic rings. The van der Waals surface area contributed by atoms with Crippen molar-refractivity contribution in [3.05, 3.63) is 193 Å². The van der Waals surface area contributed by atoms with Crippen LogP contribution in [0.2, 0.25) is 0 Å². The Morgan fingerprint density at radius 1 is 0.433 bits per heavy atom. The molecule has 0 bridgehead atoms. The minimum atomic E-state index is 0.521. The molecule has 1 aliphatic carbocycles. The van der Waals surface area contributed by atoms with Crippen LogP contribution >= 0.6 is 0 Å². The minimum Gasteiger partial charge on any atom is -0.456 e. The SMILES string of the molecule is C1=Cc2c(c3c4cccc(-c5cccc6oc7ccccc7c56)c4n(-c4nc(-c5ccc6ccccc6c5)nc(-c5ccc6c(c5)oc5ccccc56)n4)c3c3ccccc23)C=CC1.CCC. The molecule has 0 fully saturated rings. The summed E-state index contributed by atoms with van der Waals surface area (Å²) in [6.45, 7) is 4.25. The largest absolute Gasteiger partial charge is 0.456 e. The van der Waals surface area contributed by atoms with Gasteiger partial charge in [-0.15, -0.1) is 0 Å². The average Bonchev–Trinajstić information content (AvgIpc) is 3.99. The number of furan rings is 2. The molecule has 0 atom stereocenters. The van der Waals surface area contributed by atoms with E-state index in [0.717, 1.165) is 111 Å². The molecule has 0 amide bonds. The Morgan fingerprint density at radius 3 is 1.84 bits per heavy atom. The van der Waals surface area contributed by atoms with Crippen LogP contribution in [0.5, 0.6) is 0 Å². The molecular weight excluding hydrogens is 821 g/mol. The molecule has 1 aliphatic rings. The van der Waals surface area contributed by atoms with Crippen molar-refractivity contribution in [1.29, 1.82) is 0 Å². The van der Waals surface area contributed by atoms with Crippen LogP contribution in [0.15, 0.2) is 191 Å².